The molecule has 0 bridgehead atoms. The normalized spacial score (nSPS) is 13.6. The van der Waals surface area contributed by atoms with Gasteiger partial charge in [0.1, 0.15) is 6.04 Å². The predicted molar refractivity (Wildman–Crippen MR) is 120 cm³/mol. The summed E-state index contributed by atoms with van der Waals surface area (Å²) >= 11 is 0. The molecule has 3 aromatic rings. The van der Waals surface area contributed by atoms with Gasteiger partial charge in [-0.05, 0) is 49.6 Å². The number of aryl methyl sites for hydroxylation is 1. The second-order valence-corrected chi connectivity index (χ2v) is 7.76. The minimum Gasteiger partial charge on any atom is -0.326 e. The summed E-state index contributed by atoms with van der Waals surface area (Å²) in [5, 5.41) is 7.29. The highest BCUT2D eigenvalue weighted by Crippen LogP contribution is 2.29. The van der Waals surface area contributed by atoms with Crippen LogP contribution in [0.15, 0.2) is 59.4 Å². The van der Waals surface area contributed by atoms with Gasteiger partial charge >= 0.3 is 0 Å². The number of carbonyl (C=O) groups is 2. The first-order valence-electron chi connectivity index (χ1n) is 10.2. The summed E-state index contributed by atoms with van der Waals surface area (Å²) < 4.78 is 1.23. The third-order valence-electron chi connectivity index (χ3n) is 5.55. The smallest absolute Gasteiger partial charge is 0.267 e. The van der Waals surface area contributed by atoms with Crippen molar-refractivity contribution in [3.05, 3.63) is 76.1 Å². The van der Waals surface area contributed by atoms with Crippen LogP contribution < -0.4 is 15.8 Å². The lowest BCUT2D eigenvalue weighted by molar-refractivity contribution is -0.121. The van der Waals surface area contributed by atoms with Gasteiger partial charge in [-0.25, -0.2) is 4.68 Å². The third-order valence-corrected chi connectivity index (χ3v) is 5.55. The molecule has 1 aromatic heterocycles. The molecule has 2 heterocycles. The SMILES string of the molecule is CC(=O)Nc1cc(-c2ccc(=O)n([C@@H](C)C(=O)N3CCc4ccccc43)n2)ccc1C. The van der Waals surface area contributed by atoms with Crippen LogP contribution in [0.25, 0.3) is 11.3 Å². The van der Waals surface area contributed by atoms with Crippen molar-refractivity contribution in [3.8, 4) is 11.3 Å². The Hall–Kier alpha value is -3.74. The van der Waals surface area contributed by atoms with Crippen LogP contribution in [-0.2, 0) is 16.0 Å². The Bertz CT molecular complexity index is 1230. The molecule has 1 atom stereocenters. The van der Waals surface area contributed by atoms with Crippen LogP contribution in [0.2, 0.25) is 0 Å². The van der Waals surface area contributed by atoms with E-state index < -0.39 is 6.04 Å². The Morgan fingerprint density at radius 2 is 1.87 bits per heavy atom. The van der Waals surface area contributed by atoms with E-state index in [1.54, 1.807) is 17.9 Å². The highest BCUT2D eigenvalue weighted by Gasteiger charge is 2.29. The molecule has 4 rings (SSSR count). The fraction of sp³-hybridized carbons (Fsp3) is 0.250. The van der Waals surface area contributed by atoms with E-state index in [9.17, 15) is 14.4 Å². The van der Waals surface area contributed by atoms with Gasteiger partial charge in [0, 0.05) is 36.5 Å². The van der Waals surface area contributed by atoms with Crippen LogP contribution in [0, 0.1) is 6.92 Å². The van der Waals surface area contributed by atoms with Crippen molar-refractivity contribution in [1.82, 2.24) is 9.78 Å². The maximum absolute atomic E-state index is 13.2. The summed E-state index contributed by atoms with van der Waals surface area (Å²) in [5.74, 6) is -0.331. The molecule has 2 aromatic carbocycles. The second-order valence-electron chi connectivity index (χ2n) is 7.76. The zero-order chi connectivity index (χ0) is 22.1. The molecule has 7 nitrogen and oxygen atoms in total. The number of para-hydroxylation sites is 1. The van der Waals surface area contributed by atoms with Crippen molar-refractivity contribution in [1.29, 1.82) is 0 Å². The first-order valence-corrected chi connectivity index (χ1v) is 10.2. The van der Waals surface area contributed by atoms with Crippen LogP contribution in [0.4, 0.5) is 11.4 Å². The lowest BCUT2D eigenvalue weighted by Gasteiger charge is -2.22. The molecule has 158 valence electrons. The van der Waals surface area contributed by atoms with Gasteiger partial charge in [0.15, 0.2) is 0 Å². The number of benzene rings is 2. The molecular weight excluding hydrogens is 392 g/mol. The first kappa shape index (κ1) is 20.5. The second kappa shape index (κ2) is 8.18. The van der Waals surface area contributed by atoms with Gasteiger partial charge in [0.2, 0.25) is 5.91 Å². The van der Waals surface area contributed by atoms with Crippen molar-refractivity contribution in [2.75, 3.05) is 16.8 Å². The number of nitrogens with zero attached hydrogens (tertiary/aromatic N) is 3. The van der Waals surface area contributed by atoms with Crippen molar-refractivity contribution in [2.45, 2.75) is 33.2 Å². The van der Waals surface area contributed by atoms with Crippen molar-refractivity contribution >= 4 is 23.2 Å². The summed E-state index contributed by atoms with van der Waals surface area (Å²) in [6, 6.07) is 15.7. The van der Waals surface area contributed by atoms with Crippen LogP contribution in [0.1, 0.15) is 31.0 Å². The summed E-state index contributed by atoms with van der Waals surface area (Å²) in [6.07, 6.45) is 0.798. The molecule has 0 saturated heterocycles. The molecule has 2 amide bonds. The van der Waals surface area contributed by atoms with E-state index in [1.165, 1.54) is 17.7 Å². The third kappa shape index (κ3) is 3.99. The lowest BCUT2D eigenvalue weighted by atomic mass is 10.1. The number of fused-ring (bicyclic) bond motifs is 1. The van der Waals surface area contributed by atoms with Crippen LogP contribution >= 0.6 is 0 Å². The fourth-order valence-corrected chi connectivity index (χ4v) is 3.86. The van der Waals surface area contributed by atoms with Crippen molar-refractivity contribution in [3.63, 3.8) is 0 Å². The van der Waals surface area contributed by atoms with Gasteiger partial charge < -0.3 is 10.2 Å². The molecule has 0 radical (unpaired) electrons. The van der Waals surface area contributed by atoms with Crippen LogP contribution in [-0.4, -0.2) is 28.1 Å². The number of aromatic nitrogens is 2. The minimum absolute atomic E-state index is 0.164. The van der Waals surface area contributed by atoms with E-state index in [0.717, 1.165) is 28.8 Å². The molecule has 0 aliphatic carbocycles. The molecular formula is C24H24N4O3. The Morgan fingerprint density at radius 3 is 2.65 bits per heavy atom. The molecule has 1 aliphatic heterocycles. The summed E-state index contributed by atoms with van der Waals surface area (Å²) in [7, 11) is 0. The van der Waals surface area contributed by atoms with Gasteiger partial charge in [-0.2, -0.15) is 5.10 Å². The van der Waals surface area contributed by atoms with E-state index >= 15 is 0 Å². The van der Waals surface area contributed by atoms with E-state index in [2.05, 4.69) is 10.4 Å². The van der Waals surface area contributed by atoms with Gasteiger partial charge in [0.05, 0.1) is 5.69 Å². The number of carbonyl (C=O) groups excluding carboxylic acids is 2. The maximum atomic E-state index is 13.2. The maximum Gasteiger partial charge on any atom is 0.267 e. The Labute approximate surface area is 180 Å². The predicted octanol–water partition coefficient (Wildman–Crippen LogP) is 3.33. The van der Waals surface area contributed by atoms with Gasteiger partial charge in [-0.3, -0.25) is 14.4 Å². The fourth-order valence-electron chi connectivity index (χ4n) is 3.86. The zero-order valence-electron chi connectivity index (χ0n) is 17.8. The monoisotopic (exact) mass is 416 g/mol. The Kier molecular flexibility index (Phi) is 5.42. The number of amides is 2. The topological polar surface area (TPSA) is 84.3 Å². The molecule has 0 saturated carbocycles. The quantitative estimate of drug-likeness (QED) is 0.707. The number of anilines is 2. The summed E-state index contributed by atoms with van der Waals surface area (Å²) in [6.45, 7) is 5.64. The van der Waals surface area contributed by atoms with Crippen LogP contribution in [0.3, 0.4) is 0 Å². The molecule has 7 heteroatoms. The summed E-state index contributed by atoms with van der Waals surface area (Å²) in [4.78, 5) is 39.0. The van der Waals surface area contributed by atoms with Gasteiger partial charge in [-0.15, -0.1) is 0 Å². The van der Waals surface area contributed by atoms with E-state index in [4.69, 9.17) is 0 Å². The molecule has 31 heavy (non-hydrogen) atoms. The molecule has 0 unspecified atom stereocenters. The van der Waals surface area contributed by atoms with Gasteiger partial charge in [-0.1, -0.05) is 30.3 Å². The number of hydrogen-bond acceptors (Lipinski definition) is 4. The van der Waals surface area contributed by atoms with Crippen LogP contribution in [0.5, 0.6) is 0 Å². The van der Waals surface area contributed by atoms with E-state index in [0.29, 0.717) is 17.9 Å². The lowest BCUT2D eigenvalue weighted by Crippen LogP contribution is -2.39. The molecule has 0 fully saturated rings. The molecule has 0 spiro atoms. The standard InChI is InChI=1S/C24H24N4O3/c1-15-8-9-19(14-21(15)25-17(3)29)20-10-11-23(30)28(26-20)16(2)24(31)27-13-12-18-6-4-5-7-22(18)27/h4-11,14,16H,12-13H2,1-3H3,(H,25,29)/t16-/m0/s1. The minimum atomic E-state index is -0.751. The number of hydrogen-bond donors (Lipinski definition) is 1. The zero-order valence-corrected chi connectivity index (χ0v) is 17.8. The highest BCUT2D eigenvalue weighted by molar-refractivity contribution is 5.97. The largest absolute Gasteiger partial charge is 0.326 e. The average Bonchev–Trinajstić information content (AvgIpc) is 3.18. The van der Waals surface area contributed by atoms with Crippen molar-refractivity contribution < 1.29 is 9.59 Å². The van der Waals surface area contributed by atoms with E-state index in [-0.39, 0.29) is 17.4 Å². The highest BCUT2D eigenvalue weighted by atomic mass is 16.2. The average molecular weight is 416 g/mol. The molecule has 1 N–H and O–H groups in total. The van der Waals surface area contributed by atoms with Crippen molar-refractivity contribution in [2.24, 2.45) is 0 Å². The van der Waals surface area contributed by atoms with E-state index in [1.807, 2.05) is 49.4 Å². The molecule has 1 aliphatic rings. The van der Waals surface area contributed by atoms with Gasteiger partial charge in [0.25, 0.3) is 11.5 Å². The summed E-state index contributed by atoms with van der Waals surface area (Å²) in [5.41, 5.74) is 4.57. The number of rotatable bonds is 4. The Morgan fingerprint density at radius 1 is 1.10 bits per heavy atom. The Balaban J connectivity index is 1.66. The number of nitrogens with one attached hydrogen (secondary N) is 1. The first-order chi connectivity index (χ1) is 14.8.